The smallest absolute Gasteiger partial charge is 0.224 e. The highest BCUT2D eigenvalue weighted by molar-refractivity contribution is 14.0. The third-order valence-electron chi connectivity index (χ3n) is 5.25. The molecular formula is C23H40IN5O2. The van der Waals surface area contributed by atoms with E-state index in [2.05, 4.69) is 39.7 Å². The monoisotopic (exact) mass is 545 g/mol. The lowest BCUT2D eigenvalue weighted by Crippen LogP contribution is -2.52. The average molecular weight is 546 g/mol. The van der Waals surface area contributed by atoms with Gasteiger partial charge in [0, 0.05) is 51.4 Å². The first kappa shape index (κ1) is 27.6. The van der Waals surface area contributed by atoms with Crippen molar-refractivity contribution >= 4 is 41.5 Å². The molecule has 0 spiro atoms. The van der Waals surface area contributed by atoms with Crippen molar-refractivity contribution in [2.45, 2.75) is 46.7 Å². The minimum absolute atomic E-state index is 0. The predicted molar refractivity (Wildman–Crippen MR) is 139 cm³/mol. The fourth-order valence-corrected chi connectivity index (χ4v) is 3.65. The summed E-state index contributed by atoms with van der Waals surface area (Å²) in [6.45, 7) is 13.6. The van der Waals surface area contributed by atoms with Crippen molar-refractivity contribution in [3.05, 3.63) is 29.8 Å². The first-order chi connectivity index (χ1) is 14.4. The molecule has 3 N–H and O–H groups in total. The summed E-state index contributed by atoms with van der Waals surface area (Å²) in [6.07, 6.45) is 0.527. The van der Waals surface area contributed by atoms with Gasteiger partial charge in [-0.2, -0.15) is 0 Å². The van der Waals surface area contributed by atoms with Gasteiger partial charge >= 0.3 is 0 Å². The van der Waals surface area contributed by atoms with Crippen LogP contribution in [0.25, 0.3) is 0 Å². The number of nitrogens with zero attached hydrogens (tertiary/aromatic N) is 2. The van der Waals surface area contributed by atoms with E-state index in [-0.39, 0.29) is 29.9 Å². The summed E-state index contributed by atoms with van der Waals surface area (Å²) < 4.78 is 5.49. The van der Waals surface area contributed by atoms with E-state index in [0.717, 1.165) is 50.1 Å². The van der Waals surface area contributed by atoms with E-state index >= 15 is 0 Å². The minimum Gasteiger partial charge on any atom is -0.379 e. The first-order valence-electron chi connectivity index (χ1n) is 11.0. The Morgan fingerprint density at radius 3 is 2.48 bits per heavy atom. The molecular weight excluding hydrogens is 505 g/mol. The number of carbonyl (C=O) groups is 1. The summed E-state index contributed by atoms with van der Waals surface area (Å²) in [5.74, 6) is 1.72. The number of hydrogen-bond acceptors (Lipinski definition) is 4. The Morgan fingerprint density at radius 2 is 1.87 bits per heavy atom. The number of benzene rings is 1. The van der Waals surface area contributed by atoms with Gasteiger partial charge in [-0.1, -0.05) is 39.8 Å². The molecule has 1 heterocycles. The molecule has 7 nitrogen and oxygen atoms in total. The van der Waals surface area contributed by atoms with Crippen molar-refractivity contribution in [1.82, 2.24) is 15.5 Å². The molecule has 0 radical (unpaired) electrons. The summed E-state index contributed by atoms with van der Waals surface area (Å²) in [5, 5.41) is 9.83. The van der Waals surface area contributed by atoms with Crippen molar-refractivity contribution in [1.29, 1.82) is 0 Å². The minimum atomic E-state index is 0. The van der Waals surface area contributed by atoms with Gasteiger partial charge in [0.1, 0.15) is 0 Å². The number of rotatable bonds is 9. The number of anilines is 1. The number of ether oxygens (including phenoxy) is 1. The quantitative estimate of drug-likeness (QED) is 0.252. The zero-order valence-corrected chi connectivity index (χ0v) is 21.9. The largest absolute Gasteiger partial charge is 0.379 e. The zero-order chi connectivity index (χ0) is 21.9. The Bertz CT molecular complexity index is 690. The van der Waals surface area contributed by atoms with Crippen LogP contribution in [0.4, 0.5) is 5.69 Å². The molecule has 0 bridgehead atoms. The summed E-state index contributed by atoms with van der Waals surface area (Å²) in [5.41, 5.74) is 1.92. The van der Waals surface area contributed by atoms with Crippen molar-refractivity contribution in [3.63, 3.8) is 0 Å². The fraction of sp³-hybridized carbons (Fsp3) is 0.652. The number of aliphatic imine (C=N–C) groups is 1. The number of morpholine rings is 1. The maximum absolute atomic E-state index is 12.0. The molecule has 1 atom stereocenters. The van der Waals surface area contributed by atoms with Crippen molar-refractivity contribution < 1.29 is 9.53 Å². The van der Waals surface area contributed by atoms with E-state index in [1.807, 2.05) is 38.1 Å². The molecule has 0 aliphatic carbocycles. The average Bonchev–Trinajstić information content (AvgIpc) is 2.70. The van der Waals surface area contributed by atoms with Crippen LogP contribution in [0.2, 0.25) is 0 Å². The van der Waals surface area contributed by atoms with E-state index in [0.29, 0.717) is 30.8 Å². The first-order valence-corrected chi connectivity index (χ1v) is 11.0. The lowest BCUT2D eigenvalue weighted by Gasteiger charge is -2.37. The number of amides is 1. The standard InChI is InChI=1S/C23H39N5O2.HI/c1-17(2)13-22(29)27-20-8-6-7-19(14-20)15-25-23(24-5)26-16-21(18(3)4)28-9-11-30-12-10-28;/h6-8,14,17-18,21H,9-13,15-16H2,1-5H3,(H,27,29)(H2,24,25,26);1H. The van der Waals surface area contributed by atoms with Gasteiger partial charge in [-0.15, -0.1) is 24.0 Å². The van der Waals surface area contributed by atoms with Crippen LogP contribution in [0.5, 0.6) is 0 Å². The Kier molecular flexibility index (Phi) is 13.0. The van der Waals surface area contributed by atoms with Crippen LogP contribution in [0.3, 0.4) is 0 Å². The molecule has 1 aromatic carbocycles. The molecule has 1 amide bonds. The van der Waals surface area contributed by atoms with Crippen LogP contribution >= 0.6 is 24.0 Å². The molecule has 176 valence electrons. The Hall–Kier alpha value is -1.39. The maximum atomic E-state index is 12.0. The maximum Gasteiger partial charge on any atom is 0.224 e. The molecule has 2 rings (SSSR count). The van der Waals surface area contributed by atoms with E-state index in [4.69, 9.17) is 4.74 Å². The molecule has 1 unspecified atom stereocenters. The second-order valence-corrected chi connectivity index (χ2v) is 8.61. The van der Waals surface area contributed by atoms with E-state index in [9.17, 15) is 4.79 Å². The van der Waals surface area contributed by atoms with Crippen LogP contribution in [0.1, 0.15) is 39.7 Å². The molecule has 8 heteroatoms. The third-order valence-corrected chi connectivity index (χ3v) is 5.25. The van der Waals surface area contributed by atoms with Gasteiger partial charge in [0.05, 0.1) is 13.2 Å². The zero-order valence-electron chi connectivity index (χ0n) is 19.6. The molecule has 1 aromatic rings. The Morgan fingerprint density at radius 1 is 1.16 bits per heavy atom. The molecule has 0 aromatic heterocycles. The second kappa shape index (κ2) is 14.6. The third kappa shape index (κ3) is 10.2. The lowest BCUT2D eigenvalue weighted by atomic mass is 10.0. The Labute approximate surface area is 204 Å². The van der Waals surface area contributed by atoms with Gasteiger partial charge in [0.15, 0.2) is 5.96 Å². The predicted octanol–water partition coefficient (Wildman–Crippen LogP) is 3.31. The van der Waals surface area contributed by atoms with Crippen molar-refractivity contribution in [2.75, 3.05) is 45.2 Å². The molecule has 1 aliphatic rings. The van der Waals surface area contributed by atoms with Crippen LogP contribution in [0.15, 0.2) is 29.3 Å². The molecule has 1 fully saturated rings. The van der Waals surface area contributed by atoms with E-state index in [1.165, 1.54) is 0 Å². The number of carbonyl (C=O) groups excluding carboxylic acids is 1. The van der Waals surface area contributed by atoms with Gasteiger partial charge in [-0.25, -0.2) is 0 Å². The van der Waals surface area contributed by atoms with E-state index in [1.54, 1.807) is 7.05 Å². The molecule has 0 saturated carbocycles. The highest BCUT2D eigenvalue weighted by Gasteiger charge is 2.23. The number of halogens is 1. The summed E-state index contributed by atoms with van der Waals surface area (Å²) in [6, 6.07) is 8.37. The molecule has 1 aliphatic heterocycles. The highest BCUT2D eigenvalue weighted by atomic mass is 127. The second-order valence-electron chi connectivity index (χ2n) is 8.61. The van der Waals surface area contributed by atoms with Crippen LogP contribution in [-0.4, -0.2) is 62.7 Å². The van der Waals surface area contributed by atoms with Crippen LogP contribution in [0, 0.1) is 11.8 Å². The van der Waals surface area contributed by atoms with Gasteiger partial charge in [0.25, 0.3) is 0 Å². The topological polar surface area (TPSA) is 78.0 Å². The SMILES string of the molecule is CN=C(NCc1cccc(NC(=O)CC(C)C)c1)NCC(C(C)C)N1CCOCC1.I. The summed E-state index contributed by atoms with van der Waals surface area (Å²) >= 11 is 0. The highest BCUT2D eigenvalue weighted by Crippen LogP contribution is 2.13. The van der Waals surface area contributed by atoms with Gasteiger partial charge in [0.2, 0.25) is 5.91 Å². The Balaban J connectivity index is 0.00000480. The summed E-state index contributed by atoms with van der Waals surface area (Å²) in [4.78, 5) is 18.9. The van der Waals surface area contributed by atoms with Gasteiger partial charge in [-0.05, 0) is 29.5 Å². The van der Waals surface area contributed by atoms with Crippen molar-refractivity contribution in [3.8, 4) is 0 Å². The molecule has 1 saturated heterocycles. The fourth-order valence-electron chi connectivity index (χ4n) is 3.65. The number of nitrogens with one attached hydrogen (secondary N) is 3. The van der Waals surface area contributed by atoms with Crippen LogP contribution < -0.4 is 16.0 Å². The lowest BCUT2D eigenvalue weighted by molar-refractivity contribution is -0.116. The summed E-state index contributed by atoms with van der Waals surface area (Å²) in [7, 11) is 1.79. The van der Waals surface area contributed by atoms with Gasteiger partial charge in [-0.3, -0.25) is 14.7 Å². The number of guanidine groups is 1. The van der Waals surface area contributed by atoms with Crippen molar-refractivity contribution in [2.24, 2.45) is 16.8 Å². The molecule has 31 heavy (non-hydrogen) atoms. The normalized spacial score (nSPS) is 16.0. The number of hydrogen-bond donors (Lipinski definition) is 3. The van der Waals surface area contributed by atoms with E-state index < -0.39 is 0 Å². The van der Waals surface area contributed by atoms with Gasteiger partial charge < -0.3 is 20.7 Å². The van der Waals surface area contributed by atoms with Crippen LogP contribution in [-0.2, 0) is 16.1 Å².